The summed E-state index contributed by atoms with van der Waals surface area (Å²) in [6.45, 7) is 1.84. The standard InChI is InChI=1S/C12H13FINO3/c1-2-3-10(12(17)18)15-11(16)8-5-4-7(13)6-9(8)14/h4-6,10H,2-3H2,1H3,(H,15,16)(H,17,18)/t10-/m0/s1. The normalized spacial score (nSPS) is 11.9. The van der Waals surface area contributed by atoms with Crippen molar-refractivity contribution in [2.45, 2.75) is 25.8 Å². The highest BCUT2D eigenvalue weighted by Gasteiger charge is 2.20. The maximum Gasteiger partial charge on any atom is 0.326 e. The molecular formula is C12H13FINO3. The Morgan fingerprint density at radius 2 is 2.17 bits per heavy atom. The number of halogens is 2. The summed E-state index contributed by atoms with van der Waals surface area (Å²) in [7, 11) is 0. The molecule has 1 aromatic carbocycles. The number of hydrogen-bond acceptors (Lipinski definition) is 2. The molecule has 6 heteroatoms. The van der Waals surface area contributed by atoms with Gasteiger partial charge in [-0.1, -0.05) is 13.3 Å². The fourth-order valence-electron chi connectivity index (χ4n) is 1.46. The molecule has 4 nitrogen and oxygen atoms in total. The van der Waals surface area contributed by atoms with Crippen molar-refractivity contribution in [1.29, 1.82) is 0 Å². The van der Waals surface area contributed by atoms with Gasteiger partial charge in [-0.25, -0.2) is 9.18 Å². The van der Waals surface area contributed by atoms with E-state index in [1.807, 2.05) is 29.5 Å². The molecule has 0 aliphatic carbocycles. The predicted molar refractivity (Wildman–Crippen MR) is 72.9 cm³/mol. The van der Waals surface area contributed by atoms with Gasteiger partial charge in [0.05, 0.1) is 5.56 Å². The van der Waals surface area contributed by atoms with E-state index in [-0.39, 0.29) is 5.56 Å². The van der Waals surface area contributed by atoms with Gasteiger partial charge in [0, 0.05) is 3.57 Å². The number of carbonyl (C=O) groups excluding carboxylic acids is 1. The molecule has 0 fully saturated rings. The Morgan fingerprint density at radius 1 is 1.50 bits per heavy atom. The van der Waals surface area contributed by atoms with E-state index in [0.29, 0.717) is 16.4 Å². The summed E-state index contributed by atoms with van der Waals surface area (Å²) in [5, 5.41) is 11.4. The van der Waals surface area contributed by atoms with Gasteiger partial charge >= 0.3 is 5.97 Å². The third-order valence-corrected chi connectivity index (χ3v) is 3.25. The van der Waals surface area contributed by atoms with Crippen LogP contribution in [0.5, 0.6) is 0 Å². The number of hydrogen-bond donors (Lipinski definition) is 2. The largest absolute Gasteiger partial charge is 0.480 e. The Morgan fingerprint density at radius 3 is 2.67 bits per heavy atom. The van der Waals surface area contributed by atoms with Gasteiger partial charge in [0.15, 0.2) is 0 Å². The summed E-state index contributed by atoms with van der Waals surface area (Å²) in [6, 6.07) is 2.83. The second kappa shape index (κ2) is 6.67. The molecular weight excluding hydrogens is 352 g/mol. The van der Waals surface area contributed by atoms with E-state index in [2.05, 4.69) is 5.32 Å². The van der Waals surface area contributed by atoms with E-state index in [9.17, 15) is 14.0 Å². The minimum absolute atomic E-state index is 0.277. The maximum atomic E-state index is 12.9. The summed E-state index contributed by atoms with van der Waals surface area (Å²) in [4.78, 5) is 22.8. The molecule has 2 N–H and O–H groups in total. The molecule has 0 aliphatic heterocycles. The van der Waals surface area contributed by atoms with Crippen LogP contribution in [-0.2, 0) is 4.79 Å². The van der Waals surface area contributed by atoms with E-state index in [1.165, 1.54) is 18.2 Å². The highest BCUT2D eigenvalue weighted by molar-refractivity contribution is 14.1. The van der Waals surface area contributed by atoms with E-state index >= 15 is 0 Å². The molecule has 0 bridgehead atoms. The van der Waals surface area contributed by atoms with Crippen LogP contribution in [0.15, 0.2) is 18.2 Å². The molecule has 0 heterocycles. The highest BCUT2D eigenvalue weighted by atomic mass is 127. The Bertz CT molecular complexity index is 465. The van der Waals surface area contributed by atoms with Crippen LogP contribution >= 0.6 is 22.6 Å². The van der Waals surface area contributed by atoms with Crippen molar-refractivity contribution in [3.8, 4) is 0 Å². The minimum Gasteiger partial charge on any atom is -0.480 e. The highest BCUT2D eigenvalue weighted by Crippen LogP contribution is 2.14. The van der Waals surface area contributed by atoms with E-state index in [4.69, 9.17) is 5.11 Å². The molecule has 98 valence electrons. The van der Waals surface area contributed by atoms with E-state index in [1.54, 1.807) is 0 Å². The average molecular weight is 365 g/mol. The molecule has 18 heavy (non-hydrogen) atoms. The van der Waals surface area contributed by atoms with Gasteiger partial charge in [0.2, 0.25) is 0 Å². The molecule has 0 saturated heterocycles. The Kier molecular flexibility index (Phi) is 5.52. The Balaban J connectivity index is 2.83. The van der Waals surface area contributed by atoms with Crippen molar-refractivity contribution < 1.29 is 19.1 Å². The molecule has 1 aromatic rings. The van der Waals surface area contributed by atoms with Gasteiger partial charge in [-0.2, -0.15) is 0 Å². The fraction of sp³-hybridized carbons (Fsp3) is 0.333. The zero-order valence-corrected chi connectivity index (χ0v) is 11.9. The monoisotopic (exact) mass is 365 g/mol. The number of carbonyl (C=O) groups is 2. The zero-order valence-electron chi connectivity index (χ0n) is 9.74. The zero-order chi connectivity index (χ0) is 13.7. The summed E-state index contributed by atoms with van der Waals surface area (Å²) in [5.74, 6) is -2.00. The smallest absolute Gasteiger partial charge is 0.326 e. The Hall–Kier alpha value is -1.18. The first kappa shape index (κ1) is 14.9. The summed E-state index contributed by atoms with van der Waals surface area (Å²) in [6.07, 6.45) is 1.01. The number of benzene rings is 1. The van der Waals surface area contributed by atoms with Crippen LogP contribution in [0.4, 0.5) is 4.39 Å². The second-order valence-corrected chi connectivity index (χ2v) is 4.94. The lowest BCUT2D eigenvalue weighted by molar-refractivity contribution is -0.139. The maximum absolute atomic E-state index is 12.9. The molecule has 1 amide bonds. The topological polar surface area (TPSA) is 66.4 Å². The molecule has 0 radical (unpaired) electrons. The Labute approximate surface area is 118 Å². The SMILES string of the molecule is CCC[C@H](NC(=O)c1ccc(F)cc1I)C(=O)O. The van der Waals surface area contributed by atoms with Crippen LogP contribution in [0, 0.1) is 9.39 Å². The van der Waals surface area contributed by atoms with E-state index in [0.717, 1.165) is 0 Å². The lowest BCUT2D eigenvalue weighted by atomic mass is 10.1. The van der Waals surface area contributed by atoms with Crippen LogP contribution in [-0.4, -0.2) is 23.0 Å². The van der Waals surface area contributed by atoms with Crippen LogP contribution in [0.3, 0.4) is 0 Å². The second-order valence-electron chi connectivity index (χ2n) is 3.78. The first-order chi connectivity index (χ1) is 8.45. The summed E-state index contributed by atoms with van der Waals surface area (Å²) in [5.41, 5.74) is 0.277. The molecule has 1 rings (SSSR count). The lowest BCUT2D eigenvalue weighted by Crippen LogP contribution is -2.40. The van der Waals surface area contributed by atoms with Crippen molar-refractivity contribution in [2.24, 2.45) is 0 Å². The van der Waals surface area contributed by atoms with Gasteiger partial charge < -0.3 is 10.4 Å². The summed E-state index contributed by atoms with van der Waals surface area (Å²) < 4.78 is 13.3. The van der Waals surface area contributed by atoms with Crippen LogP contribution < -0.4 is 5.32 Å². The molecule has 0 saturated carbocycles. The van der Waals surface area contributed by atoms with Gasteiger partial charge in [-0.05, 0) is 47.2 Å². The van der Waals surface area contributed by atoms with Crippen molar-refractivity contribution in [2.75, 3.05) is 0 Å². The fourth-order valence-corrected chi connectivity index (χ4v) is 2.18. The van der Waals surface area contributed by atoms with Gasteiger partial charge in [0.1, 0.15) is 11.9 Å². The third-order valence-electron chi connectivity index (χ3n) is 2.36. The summed E-state index contributed by atoms with van der Waals surface area (Å²) >= 11 is 1.84. The first-order valence-electron chi connectivity index (χ1n) is 5.44. The molecule has 0 aromatic heterocycles. The number of nitrogens with one attached hydrogen (secondary N) is 1. The first-order valence-corrected chi connectivity index (χ1v) is 6.52. The average Bonchev–Trinajstić information content (AvgIpc) is 2.27. The van der Waals surface area contributed by atoms with Crippen molar-refractivity contribution >= 4 is 34.5 Å². The number of amides is 1. The van der Waals surface area contributed by atoms with Crippen LogP contribution in [0.1, 0.15) is 30.1 Å². The molecule has 1 atom stereocenters. The van der Waals surface area contributed by atoms with Gasteiger partial charge in [-0.15, -0.1) is 0 Å². The van der Waals surface area contributed by atoms with Gasteiger partial charge in [0.25, 0.3) is 5.91 Å². The van der Waals surface area contributed by atoms with Crippen LogP contribution in [0.2, 0.25) is 0 Å². The number of aliphatic carboxylic acids is 1. The molecule has 0 spiro atoms. The lowest BCUT2D eigenvalue weighted by Gasteiger charge is -2.14. The molecule has 0 unspecified atom stereocenters. The third kappa shape index (κ3) is 3.94. The van der Waals surface area contributed by atoms with Crippen molar-refractivity contribution in [3.05, 3.63) is 33.1 Å². The number of carboxylic acids is 1. The van der Waals surface area contributed by atoms with Crippen molar-refractivity contribution in [1.82, 2.24) is 5.32 Å². The van der Waals surface area contributed by atoms with Crippen molar-refractivity contribution in [3.63, 3.8) is 0 Å². The van der Waals surface area contributed by atoms with E-state index < -0.39 is 23.7 Å². The quantitative estimate of drug-likeness (QED) is 0.788. The molecule has 0 aliphatic rings. The predicted octanol–water partition coefficient (Wildman–Crippen LogP) is 2.41. The van der Waals surface area contributed by atoms with Gasteiger partial charge in [-0.3, -0.25) is 4.79 Å². The van der Waals surface area contributed by atoms with Crippen LogP contribution in [0.25, 0.3) is 0 Å². The number of carboxylic acid groups (broad SMARTS) is 1. The number of rotatable bonds is 5. The minimum atomic E-state index is -1.07.